The van der Waals surface area contributed by atoms with Gasteiger partial charge in [-0.1, -0.05) is 12.1 Å². The largest absolute Gasteiger partial charge is 0.479 e. The van der Waals surface area contributed by atoms with Gasteiger partial charge in [0.2, 0.25) is 0 Å². The molecule has 1 aromatic carbocycles. The standard InChI is InChI=1S/C9H8N2O4/c10-9-11-6-4(7(12)8(13)14)2-1-3-5(6)15-9/h1-3,7,12H,(H2,10,11)(H,13,14). The fraction of sp³-hybridized carbons (Fsp3) is 0.111. The van der Waals surface area contributed by atoms with Crippen LogP contribution in [0, 0.1) is 0 Å². The second-order valence-electron chi connectivity index (χ2n) is 2.99. The van der Waals surface area contributed by atoms with Gasteiger partial charge in [-0.15, -0.1) is 0 Å². The SMILES string of the molecule is Nc1nc2c(C(O)C(=O)O)cccc2o1. The van der Waals surface area contributed by atoms with E-state index in [2.05, 4.69) is 4.98 Å². The van der Waals surface area contributed by atoms with E-state index in [1.807, 2.05) is 0 Å². The minimum absolute atomic E-state index is 0.0601. The Kier molecular flexibility index (Phi) is 2.05. The number of hydrogen-bond acceptors (Lipinski definition) is 5. The summed E-state index contributed by atoms with van der Waals surface area (Å²) in [6.45, 7) is 0. The van der Waals surface area contributed by atoms with Crippen LogP contribution in [-0.2, 0) is 4.79 Å². The van der Waals surface area contributed by atoms with Crippen molar-refractivity contribution in [3.63, 3.8) is 0 Å². The Bertz CT molecular complexity index is 520. The maximum absolute atomic E-state index is 10.6. The fourth-order valence-corrected chi connectivity index (χ4v) is 1.34. The second-order valence-corrected chi connectivity index (χ2v) is 2.99. The number of carbonyl (C=O) groups is 1. The summed E-state index contributed by atoms with van der Waals surface area (Å²) >= 11 is 0. The maximum atomic E-state index is 10.6. The minimum Gasteiger partial charge on any atom is -0.479 e. The molecular weight excluding hydrogens is 200 g/mol. The second kappa shape index (κ2) is 3.25. The molecule has 0 aliphatic heterocycles. The number of rotatable bonds is 2. The van der Waals surface area contributed by atoms with Crippen LogP contribution in [0.2, 0.25) is 0 Å². The zero-order chi connectivity index (χ0) is 11.0. The van der Waals surface area contributed by atoms with Crippen LogP contribution in [0.1, 0.15) is 11.7 Å². The normalized spacial score (nSPS) is 12.9. The number of carboxylic acid groups (broad SMARTS) is 1. The summed E-state index contributed by atoms with van der Waals surface area (Å²) in [6, 6.07) is 4.56. The van der Waals surface area contributed by atoms with E-state index in [1.165, 1.54) is 6.07 Å². The van der Waals surface area contributed by atoms with Crippen molar-refractivity contribution in [3.8, 4) is 0 Å². The number of fused-ring (bicyclic) bond motifs is 1. The molecule has 1 aromatic heterocycles. The zero-order valence-corrected chi connectivity index (χ0v) is 7.54. The fourth-order valence-electron chi connectivity index (χ4n) is 1.34. The van der Waals surface area contributed by atoms with Crippen LogP contribution in [0.4, 0.5) is 6.01 Å². The molecule has 0 aliphatic carbocycles. The summed E-state index contributed by atoms with van der Waals surface area (Å²) in [5.41, 5.74) is 6.12. The Hall–Kier alpha value is -2.08. The number of nitrogen functional groups attached to an aromatic ring is 1. The van der Waals surface area contributed by atoms with Crippen LogP contribution in [0.25, 0.3) is 11.1 Å². The van der Waals surface area contributed by atoms with Crippen molar-refractivity contribution < 1.29 is 19.4 Å². The van der Waals surface area contributed by atoms with E-state index in [0.717, 1.165) is 0 Å². The van der Waals surface area contributed by atoms with Crippen molar-refractivity contribution in [3.05, 3.63) is 23.8 Å². The first-order valence-electron chi connectivity index (χ1n) is 4.15. The molecule has 15 heavy (non-hydrogen) atoms. The molecule has 0 spiro atoms. The van der Waals surface area contributed by atoms with Gasteiger partial charge in [-0.3, -0.25) is 0 Å². The summed E-state index contributed by atoms with van der Waals surface area (Å²) in [7, 11) is 0. The number of anilines is 1. The van der Waals surface area contributed by atoms with E-state index >= 15 is 0 Å². The van der Waals surface area contributed by atoms with Crippen LogP contribution >= 0.6 is 0 Å². The van der Waals surface area contributed by atoms with Gasteiger partial charge in [-0.2, -0.15) is 4.98 Å². The van der Waals surface area contributed by atoms with Crippen molar-refractivity contribution >= 4 is 23.1 Å². The number of benzene rings is 1. The van der Waals surface area contributed by atoms with Crippen LogP contribution < -0.4 is 5.73 Å². The topological polar surface area (TPSA) is 110 Å². The number of carboxylic acids is 1. The lowest BCUT2D eigenvalue weighted by atomic mass is 10.1. The van der Waals surface area contributed by atoms with E-state index < -0.39 is 12.1 Å². The molecule has 0 bridgehead atoms. The van der Waals surface area contributed by atoms with Crippen molar-refractivity contribution in [2.24, 2.45) is 0 Å². The van der Waals surface area contributed by atoms with Gasteiger partial charge < -0.3 is 20.4 Å². The lowest BCUT2D eigenvalue weighted by Crippen LogP contribution is -2.10. The molecule has 0 saturated heterocycles. The highest BCUT2D eigenvalue weighted by atomic mass is 16.4. The number of nitrogens with zero attached hydrogens (tertiary/aromatic N) is 1. The molecule has 0 saturated carbocycles. The average Bonchev–Trinajstić information content (AvgIpc) is 2.56. The lowest BCUT2D eigenvalue weighted by molar-refractivity contribution is -0.146. The quantitative estimate of drug-likeness (QED) is 0.663. The van der Waals surface area contributed by atoms with Crippen molar-refractivity contribution in [1.82, 2.24) is 4.98 Å². The summed E-state index contributed by atoms with van der Waals surface area (Å²) < 4.78 is 5.00. The Morgan fingerprint density at radius 2 is 2.27 bits per heavy atom. The molecule has 1 atom stereocenters. The highest BCUT2D eigenvalue weighted by Gasteiger charge is 2.20. The molecule has 78 valence electrons. The smallest absolute Gasteiger partial charge is 0.337 e. The van der Waals surface area contributed by atoms with Gasteiger partial charge in [0.1, 0.15) is 5.52 Å². The first kappa shape index (κ1) is 9.47. The number of hydrogen-bond donors (Lipinski definition) is 3. The summed E-state index contributed by atoms with van der Waals surface area (Å²) in [5, 5.41) is 18.0. The number of aliphatic carboxylic acids is 1. The molecule has 0 aliphatic rings. The third-order valence-corrected chi connectivity index (χ3v) is 2.00. The Balaban J connectivity index is 2.64. The van der Waals surface area contributed by atoms with Crippen molar-refractivity contribution in [2.45, 2.75) is 6.10 Å². The molecule has 0 fully saturated rings. The van der Waals surface area contributed by atoms with Crippen LogP contribution in [0.15, 0.2) is 22.6 Å². The maximum Gasteiger partial charge on any atom is 0.337 e. The predicted molar refractivity (Wildman–Crippen MR) is 51.0 cm³/mol. The molecule has 2 rings (SSSR count). The van der Waals surface area contributed by atoms with E-state index in [9.17, 15) is 9.90 Å². The van der Waals surface area contributed by atoms with Gasteiger partial charge in [0.15, 0.2) is 11.7 Å². The predicted octanol–water partition coefficient (Wildman–Crippen LogP) is 0.528. The number of aliphatic hydroxyl groups is 1. The molecule has 0 amide bonds. The summed E-state index contributed by atoms with van der Waals surface area (Å²) in [6.07, 6.45) is -1.63. The molecule has 6 heteroatoms. The van der Waals surface area contributed by atoms with Crippen LogP contribution in [-0.4, -0.2) is 21.2 Å². The Morgan fingerprint density at radius 1 is 1.53 bits per heavy atom. The number of aromatic nitrogens is 1. The number of oxazole rings is 1. The molecule has 2 aromatic rings. The molecular formula is C9H8N2O4. The van der Waals surface area contributed by atoms with E-state index in [1.54, 1.807) is 12.1 Å². The van der Waals surface area contributed by atoms with E-state index in [4.69, 9.17) is 15.3 Å². The minimum atomic E-state index is -1.63. The molecule has 6 nitrogen and oxygen atoms in total. The third-order valence-electron chi connectivity index (χ3n) is 2.00. The highest BCUT2D eigenvalue weighted by molar-refractivity contribution is 5.84. The molecule has 4 N–H and O–H groups in total. The monoisotopic (exact) mass is 208 g/mol. The lowest BCUT2D eigenvalue weighted by Gasteiger charge is -2.04. The van der Waals surface area contributed by atoms with E-state index in [-0.39, 0.29) is 17.1 Å². The first-order chi connectivity index (χ1) is 7.09. The zero-order valence-electron chi connectivity index (χ0n) is 7.54. The van der Waals surface area contributed by atoms with Gasteiger partial charge >= 0.3 is 5.97 Å². The highest BCUT2D eigenvalue weighted by Crippen LogP contribution is 2.25. The summed E-state index contributed by atoms with van der Waals surface area (Å²) in [4.78, 5) is 14.4. The average molecular weight is 208 g/mol. The van der Waals surface area contributed by atoms with Crippen LogP contribution in [0.3, 0.4) is 0 Å². The third kappa shape index (κ3) is 1.50. The number of nitrogens with two attached hydrogens (primary N) is 1. The van der Waals surface area contributed by atoms with Gasteiger partial charge in [0, 0.05) is 5.56 Å². The Morgan fingerprint density at radius 3 is 2.93 bits per heavy atom. The molecule has 1 unspecified atom stereocenters. The van der Waals surface area contributed by atoms with Gasteiger partial charge in [-0.25, -0.2) is 4.79 Å². The van der Waals surface area contributed by atoms with Gasteiger partial charge in [0.25, 0.3) is 6.01 Å². The molecule has 1 heterocycles. The van der Waals surface area contributed by atoms with Crippen molar-refractivity contribution in [2.75, 3.05) is 5.73 Å². The van der Waals surface area contributed by atoms with Crippen LogP contribution in [0.5, 0.6) is 0 Å². The van der Waals surface area contributed by atoms with Gasteiger partial charge in [-0.05, 0) is 6.07 Å². The number of aliphatic hydroxyl groups excluding tert-OH is 1. The van der Waals surface area contributed by atoms with E-state index in [0.29, 0.717) is 5.58 Å². The summed E-state index contributed by atoms with van der Waals surface area (Å²) in [5.74, 6) is -1.34. The Labute approximate surface area is 83.9 Å². The molecule has 0 radical (unpaired) electrons. The van der Waals surface area contributed by atoms with Gasteiger partial charge in [0.05, 0.1) is 0 Å². The first-order valence-corrected chi connectivity index (χ1v) is 4.15. The number of para-hydroxylation sites is 1. The van der Waals surface area contributed by atoms with Crippen molar-refractivity contribution in [1.29, 1.82) is 0 Å².